The third-order valence-corrected chi connectivity index (χ3v) is 4.94. The fourth-order valence-corrected chi connectivity index (χ4v) is 3.48. The zero-order chi connectivity index (χ0) is 20.3. The zero-order valence-electron chi connectivity index (χ0n) is 15.2. The number of nitrogens with one attached hydrogen (secondary N) is 1. The highest BCUT2D eigenvalue weighted by molar-refractivity contribution is 7.99. The average molecular weight is 400 g/mol. The molecular formula is C19H17FN4O3S. The minimum atomic E-state index is -0.951. The van der Waals surface area contributed by atoms with Gasteiger partial charge in [-0.15, -0.1) is 0 Å². The number of thioether (sulfide) groups is 1. The second kappa shape index (κ2) is 8.22. The topological polar surface area (TPSA) is 90.1 Å². The molecule has 2 aromatic carbocycles. The van der Waals surface area contributed by atoms with Crippen LogP contribution in [0.15, 0.2) is 53.9 Å². The SMILES string of the molecule is Cc1ccc(-n2ccnc2SCC(=O)Nc2ccc(F)c([N+](=O)[O-])c2)c(C)c1. The summed E-state index contributed by atoms with van der Waals surface area (Å²) in [5.74, 6) is -1.28. The van der Waals surface area contributed by atoms with Crippen molar-refractivity contribution >= 4 is 29.0 Å². The van der Waals surface area contributed by atoms with Gasteiger partial charge >= 0.3 is 5.69 Å². The Morgan fingerprint density at radius 2 is 2.07 bits per heavy atom. The number of anilines is 1. The van der Waals surface area contributed by atoms with Gasteiger partial charge in [0, 0.05) is 24.1 Å². The van der Waals surface area contributed by atoms with Gasteiger partial charge in [-0.3, -0.25) is 19.5 Å². The van der Waals surface area contributed by atoms with Crippen molar-refractivity contribution in [2.45, 2.75) is 19.0 Å². The summed E-state index contributed by atoms with van der Waals surface area (Å²) in [4.78, 5) is 26.5. The minimum Gasteiger partial charge on any atom is -0.325 e. The number of nitro benzene ring substituents is 1. The number of imidazole rings is 1. The predicted octanol–water partition coefficient (Wildman–Crippen LogP) is 4.27. The molecule has 0 radical (unpaired) electrons. The van der Waals surface area contributed by atoms with Crippen LogP contribution in [0.25, 0.3) is 5.69 Å². The summed E-state index contributed by atoms with van der Waals surface area (Å²) < 4.78 is 15.3. The van der Waals surface area contributed by atoms with E-state index in [0.717, 1.165) is 28.9 Å². The second-order valence-electron chi connectivity index (χ2n) is 6.13. The summed E-state index contributed by atoms with van der Waals surface area (Å²) in [5.41, 5.74) is 2.69. The molecule has 7 nitrogen and oxygen atoms in total. The number of carbonyl (C=O) groups excluding carboxylic acids is 1. The van der Waals surface area contributed by atoms with Crippen molar-refractivity contribution in [3.8, 4) is 5.69 Å². The van der Waals surface area contributed by atoms with Crippen molar-refractivity contribution in [2.75, 3.05) is 11.1 Å². The summed E-state index contributed by atoms with van der Waals surface area (Å²) in [6.07, 6.45) is 3.48. The molecule has 3 aromatic rings. The third-order valence-electron chi connectivity index (χ3n) is 3.98. The van der Waals surface area contributed by atoms with E-state index < -0.39 is 16.4 Å². The first-order valence-electron chi connectivity index (χ1n) is 8.32. The lowest BCUT2D eigenvalue weighted by Crippen LogP contribution is -2.14. The monoisotopic (exact) mass is 400 g/mol. The second-order valence-corrected chi connectivity index (χ2v) is 7.07. The molecule has 0 unspecified atom stereocenters. The first-order chi connectivity index (χ1) is 13.3. The summed E-state index contributed by atoms with van der Waals surface area (Å²) in [6, 6.07) is 9.29. The van der Waals surface area contributed by atoms with Gasteiger partial charge in [0.1, 0.15) is 0 Å². The largest absolute Gasteiger partial charge is 0.325 e. The fraction of sp³-hybridized carbons (Fsp3) is 0.158. The lowest BCUT2D eigenvalue weighted by atomic mass is 10.1. The summed E-state index contributed by atoms with van der Waals surface area (Å²) in [6.45, 7) is 4.02. The molecule has 144 valence electrons. The van der Waals surface area contributed by atoms with E-state index in [4.69, 9.17) is 0 Å². The number of hydrogen-bond acceptors (Lipinski definition) is 5. The molecule has 9 heteroatoms. The molecule has 0 saturated carbocycles. The molecule has 0 fully saturated rings. The van der Waals surface area contributed by atoms with E-state index in [2.05, 4.69) is 16.4 Å². The molecule has 0 aliphatic heterocycles. The summed E-state index contributed by atoms with van der Waals surface area (Å²) in [5, 5.41) is 14.0. The van der Waals surface area contributed by atoms with Crippen LogP contribution >= 0.6 is 11.8 Å². The fourth-order valence-electron chi connectivity index (χ4n) is 2.71. The van der Waals surface area contributed by atoms with Crippen LogP contribution in [0, 0.1) is 29.8 Å². The summed E-state index contributed by atoms with van der Waals surface area (Å²) >= 11 is 1.23. The first kappa shape index (κ1) is 19.6. The van der Waals surface area contributed by atoms with E-state index in [9.17, 15) is 19.3 Å². The molecule has 0 aliphatic rings. The first-order valence-corrected chi connectivity index (χ1v) is 9.31. The van der Waals surface area contributed by atoms with Gasteiger partial charge in [0.25, 0.3) is 0 Å². The van der Waals surface area contributed by atoms with Gasteiger partial charge in [0.05, 0.1) is 16.4 Å². The number of aryl methyl sites for hydroxylation is 2. The average Bonchev–Trinajstić information content (AvgIpc) is 3.09. The number of halogens is 1. The van der Waals surface area contributed by atoms with Crippen LogP contribution in [0.3, 0.4) is 0 Å². The van der Waals surface area contributed by atoms with Crippen molar-refractivity contribution < 1.29 is 14.1 Å². The van der Waals surface area contributed by atoms with Crippen molar-refractivity contribution in [2.24, 2.45) is 0 Å². The number of hydrogen-bond donors (Lipinski definition) is 1. The Kier molecular flexibility index (Phi) is 5.74. The van der Waals surface area contributed by atoms with E-state index in [1.54, 1.807) is 6.20 Å². The Morgan fingerprint density at radius 3 is 2.79 bits per heavy atom. The van der Waals surface area contributed by atoms with Crippen LogP contribution in [-0.2, 0) is 4.79 Å². The number of benzene rings is 2. The number of amides is 1. The van der Waals surface area contributed by atoms with E-state index in [1.807, 2.05) is 36.7 Å². The molecule has 1 aromatic heterocycles. The number of rotatable bonds is 6. The molecule has 1 amide bonds. The van der Waals surface area contributed by atoms with Crippen LogP contribution in [0.4, 0.5) is 15.8 Å². The molecule has 0 bridgehead atoms. The Bertz CT molecular complexity index is 1050. The van der Waals surface area contributed by atoms with E-state index in [1.165, 1.54) is 17.8 Å². The predicted molar refractivity (Wildman–Crippen MR) is 105 cm³/mol. The van der Waals surface area contributed by atoms with Crippen LogP contribution in [-0.4, -0.2) is 26.1 Å². The van der Waals surface area contributed by atoms with E-state index >= 15 is 0 Å². The number of aromatic nitrogens is 2. The number of nitro groups is 1. The van der Waals surface area contributed by atoms with Crippen molar-refractivity contribution in [1.82, 2.24) is 9.55 Å². The number of carbonyl (C=O) groups is 1. The van der Waals surface area contributed by atoms with Crippen molar-refractivity contribution in [1.29, 1.82) is 0 Å². The molecule has 28 heavy (non-hydrogen) atoms. The van der Waals surface area contributed by atoms with Crippen LogP contribution in [0.2, 0.25) is 0 Å². The molecule has 0 atom stereocenters. The highest BCUT2D eigenvalue weighted by Crippen LogP contribution is 2.25. The molecular weight excluding hydrogens is 383 g/mol. The Balaban J connectivity index is 1.69. The molecule has 0 saturated heterocycles. The van der Waals surface area contributed by atoms with Gasteiger partial charge in [-0.1, -0.05) is 29.5 Å². The van der Waals surface area contributed by atoms with Crippen LogP contribution in [0.5, 0.6) is 0 Å². The maximum atomic E-state index is 13.4. The smallest absolute Gasteiger partial charge is 0.306 e. The molecule has 0 spiro atoms. The van der Waals surface area contributed by atoms with Crippen LogP contribution < -0.4 is 5.32 Å². The van der Waals surface area contributed by atoms with E-state index in [-0.39, 0.29) is 17.3 Å². The van der Waals surface area contributed by atoms with Gasteiger partial charge in [-0.2, -0.15) is 4.39 Å². The zero-order valence-corrected chi connectivity index (χ0v) is 16.0. The van der Waals surface area contributed by atoms with Gasteiger partial charge in [0.2, 0.25) is 11.7 Å². The third kappa shape index (κ3) is 4.37. The van der Waals surface area contributed by atoms with E-state index in [0.29, 0.717) is 5.16 Å². The molecule has 0 aliphatic carbocycles. The molecule has 3 rings (SSSR count). The van der Waals surface area contributed by atoms with Gasteiger partial charge < -0.3 is 5.32 Å². The normalized spacial score (nSPS) is 10.7. The van der Waals surface area contributed by atoms with Gasteiger partial charge in [0.15, 0.2) is 5.16 Å². The van der Waals surface area contributed by atoms with Crippen LogP contribution in [0.1, 0.15) is 11.1 Å². The summed E-state index contributed by atoms with van der Waals surface area (Å²) in [7, 11) is 0. The number of nitrogens with zero attached hydrogens (tertiary/aromatic N) is 3. The van der Waals surface area contributed by atoms with Gasteiger partial charge in [-0.25, -0.2) is 4.98 Å². The lowest BCUT2D eigenvalue weighted by Gasteiger charge is -2.11. The van der Waals surface area contributed by atoms with Crippen molar-refractivity contribution in [3.63, 3.8) is 0 Å². The van der Waals surface area contributed by atoms with Crippen molar-refractivity contribution in [3.05, 3.63) is 75.9 Å². The minimum absolute atomic E-state index is 0.0487. The molecule has 1 heterocycles. The Morgan fingerprint density at radius 1 is 1.29 bits per heavy atom. The Hall–Kier alpha value is -3.20. The highest BCUT2D eigenvalue weighted by atomic mass is 32.2. The Labute approximate surface area is 164 Å². The molecule has 1 N–H and O–H groups in total. The maximum absolute atomic E-state index is 13.4. The van der Waals surface area contributed by atoms with Gasteiger partial charge in [-0.05, 0) is 37.6 Å². The maximum Gasteiger partial charge on any atom is 0.306 e. The standard InChI is InChI=1S/C19H17FN4O3S/c1-12-3-6-16(13(2)9-12)23-8-7-21-19(23)28-11-18(25)22-14-4-5-15(20)17(10-14)24(26)27/h3-10H,11H2,1-2H3,(H,22,25). The highest BCUT2D eigenvalue weighted by Gasteiger charge is 2.16. The quantitative estimate of drug-likeness (QED) is 0.379. The lowest BCUT2D eigenvalue weighted by molar-refractivity contribution is -0.387.